The van der Waals surface area contributed by atoms with E-state index in [1.165, 1.54) is 11.3 Å². The molecule has 2 amide bonds. The Morgan fingerprint density at radius 1 is 1.26 bits per heavy atom. The Hall–Kier alpha value is -2.99. The number of fused-ring (bicyclic) bond motifs is 1. The third kappa shape index (κ3) is 3.61. The molecule has 1 aliphatic heterocycles. The molecule has 2 heterocycles. The van der Waals surface area contributed by atoms with Crippen molar-refractivity contribution in [2.75, 3.05) is 17.3 Å². The highest BCUT2D eigenvalue weighted by molar-refractivity contribution is 7.10. The van der Waals surface area contributed by atoms with E-state index in [2.05, 4.69) is 10.3 Å². The number of nitrogens with zero attached hydrogens (tertiary/aromatic N) is 2. The van der Waals surface area contributed by atoms with E-state index in [0.717, 1.165) is 38.8 Å². The third-order valence-electron chi connectivity index (χ3n) is 4.62. The molecule has 136 valence electrons. The molecule has 0 aliphatic carbocycles. The number of likely N-dealkylation sites (N-methyl/N-ethyl adjacent to an activating group) is 1. The molecule has 1 N–H and O–H groups in total. The van der Waals surface area contributed by atoms with Crippen LogP contribution in [0.3, 0.4) is 0 Å². The number of aromatic nitrogens is 1. The fourth-order valence-corrected chi connectivity index (χ4v) is 4.02. The van der Waals surface area contributed by atoms with Crippen molar-refractivity contribution in [3.63, 3.8) is 0 Å². The minimum absolute atomic E-state index is 0.0809. The van der Waals surface area contributed by atoms with E-state index in [4.69, 9.17) is 0 Å². The number of aryl methyl sites for hydroxylation is 1. The maximum Gasteiger partial charge on any atom is 0.231 e. The molecule has 0 radical (unpaired) electrons. The van der Waals surface area contributed by atoms with Crippen LogP contribution in [-0.4, -0.2) is 23.8 Å². The minimum atomic E-state index is -0.0809. The van der Waals surface area contributed by atoms with E-state index in [0.29, 0.717) is 6.42 Å². The first-order chi connectivity index (χ1) is 13.0. The summed E-state index contributed by atoms with van der Waals surface area (Å²) in [6.45, 7) is 1.99. The van der Waals surface area contributed by atoms with E-state index in [1.807, 2.05) is 54.8 Å². The van der Waals surface area contributed by atoms with Crippen molar-refractivity contribution in [2.24, 2.45) is 0 Å². The Morgan fingerprint density at radius 3 is 2.93 bits per heavy atom. The van der Waals surface area contributed by atoms with Gasteiger partial charge in [-0.2, -0.15) is 0 Å². The molecule has 0 unspecified atom stereocenters. The van der Waals surface area contributed by atoms with Crippen LogP contribution >= 0.6 is 11.3 Å². The number of benzene rings is 2. The monoisotopic (exact) mass is 377 g/mol. The van der Waals surface area contributed by atoms with Gasteiger partial charge in [-0.05, 0) is 42.3 Å². The van der Waals surface area contributed by atoms with E-state index in [-0.39, 0.29) is 18.2 Å². The molecular formula is C21H19N3O2S. The van der Waals surface area contributed by atoms with E-state index < -0.39 is 0 Å². The fraction of sp³-hybridized carbons (Fsp3) is 0.190. The molecule has 4 rings (SSSR count). The SMILES string of the molecule is Cc1cccc(NC(=O)Cc2nc(-c3ccc4c(c3)CC(=O)N4C)cs2)c1. The third-order valence-corrected chi connectivity index (χ3v) is 5.47. The summed E-state index contributed by atoms with van der Waals surface area (Å²) >= 11 is 1.47. The number of anilines is 2. The number of rotatable bonds is 4. The molecule has 2 aromatic carbocycles. The molecule has 0 fully saturated rings. The van der Waals surface area contributed by atoms with Gasteiger partial charge in [0.05, 0.1) is 18.5 Å². The van der Waals surface area contributed by atoms with Crippen molar-refractivity contribution in [3.05, 3.63) is 64.0 Å². The highest BCUT2D eigenvalue weighted by atomic mass is 32.1. The lowest BCUT2D eigenvalue weighted by Gasteiger charge is -2.09. The number of hydrogen-bond acceptors (Lipinski definition) is 4. The van der Waals surface area contributed by atoms with Gasteiger partial charge in [-0.15, -0.1) is 11.3 Å². The Kier molecular flexibility index (Phi) is 4.49. The molecule has 0 bridgehead atoms. The Bertz CT molecular complexity index is 1040. The predicted molar refractivity (Wildman–Crippen MR) is 108 cm³/mol. The van der Waals surface area contributed by atoms with Crippen LogP contribution in [-0.2, 0) is 22.4 Å². The quantitative estimate of drug-likeness (QED) is 0.752. The second kappa shape index (κ2) is 6.96. The molecule has 6 heteroatoms. The number of thiazole rings is 1. The maximum atomic E-state index is 12.3. The van der Waals surface area contributed by atoms with Crippen LogP contribution in [0.2, 0.25) is 0 Å². The van der Waals surface area contributed by atoms with E-state index in [9.17, 15) is 9.59 Å². The van der Waals surface area contributed by atoms with Gasteiger partial charge < -0.3 is 10.2 Å². The normalized spacial score (nSPS) is 13.0. The van der Waals surface area contributed by atoms with Crippen LogP contribution in [0.15, 0.2) is 47.8 Å². The van der Waals surface area contributed by atoms with Gasteiger partial charge in [-0.1, -0.05) is 18.2 Å². The molecule has 5 nitrogen and oxygen atoms in total. The lowest BCUT2D eigenvalue weighted by molar-refractivity contribution is -0.117. The van der Waals surface area contributed by atoms with Crippen molar-refractivity contribution >= 4 is 34.5 Å². The van der Waals surface area contributed by atoms with Crippen molar-refractivity contribution in [1.29, 1.82) is 0 Å². The van der Waals surface area contributed by atoms with Crippen LogP contribution in [0.4, 0.5) is 11.4 Å². The number of hydrogen-bond donors (Lipinski definition) is 1. The summed E-state index contributed by atoms with van der Waals surface area (Å²) in [5, 5.41) is 5.63. The van der Waals surface area contributed by atoms with Crippen LogP contribution in [0, 0.1) is 6.92 Å². The Balaban J connectivity index is 1.47. The zero-order chi connectivity index (χ0) is 19.0. The van der Waals surface area contributed by atoms with Crippen LogP contribution < -0.4 is 10.2 Å². The molecular weight excluding hydrogens is 358 g/mol. The highest BCUT2D eigenvalue weighted by Gasteiger charge is 2.24. The van der Waals surface area contributed by atoms with Crippen LogP contribution in [0.1, 0.15) is 16.1 Å². The Labute approximate surface area is 161 Å². The zero-order valence-electron chi connectivity index (χ0n) is 15.2. The molecule has 0 spiro atoms. The standard InChI is InChI=1S/C21H19N3O2S/c1-13-4-3-5-16(8-13)22-19(25)11-20-23-17(12-27-20)14-6-7-18-15(9-14)10-21(26)24(18)2/h3-9,12H,10-11H2,1-2H3,(H,22,25). The van der Waals surface area contributed by atoms with Gasteiger partial charge in [-0.25, -0.2) is 4.98 Å². The van der Waals surface area contributed by atoms with Gasteiger partial charge in [0.25, 0.3) is 0 Å². The Morgan fingerprint density at radius 2 is 2.11 bits per heavy atom. The van der Waals surface area contributed by atoms with Gasteiger partial charge in [0.2, 0.25) is 11.8 Å². The van der Waals surface area contributed by atoms with Crippen molar-refractivity contribution < 1.29 is 9.59 Å². The highest BCUT2D eigenvalue weighted by Crippen LogP contribution is 2.32. The first-order valence-electron chi connectivity index (χ1n) is 8.70. The van der Waals surface area contributed by atoms with E-state index >= 15 is 0 Å². The summed E-state index contributed by atoms with van der Waals surface area (Å²) in [7, 11) is 1.79. The summed E-state index contributed by atoms with van der Waals surface area (Å²) in [4.78, 5) is 30.4. The molecule has 0 saturated heterocycles. The first kappa shape index (κ1) is 17.4. The smallest absolute Gasteiger partial charge is 0.231 e. The second-order valence-electron chi connectivity index (χ2n) is 6.69. The van der Waals surface area contributed by atoms with Gasteiger partial charge >= 0.3 is 0 Å². The largest absolute Gasteiger partial charge is 0.326 e. The molecule has 1 aromatic heterocycles. The first-order valence-corrected chi connectivity index (χ1v) is 9.58. The number of nitrogens with one attached hydrogen (secondary N) is 1. The average Bonchev–Trinajstić information content (AvgIpc) is 3.19. The second-order valence-corrected chi connectivity index (χ2v) is 7.64. The van der Waals surface area contributed by atoms with Gasteiger partial charge in [0.1, 0.15) is 5.01 Å². The number of amides is 2. The van der Waals surface area contributed by atoms with Crippen LogP contribution in [0.5, 0.6) is 0 Å². The molecule has 3 aromatic rings. The van der Waals surface area contributed by atoms with E-state index in [1.54, 1.807) is 11.9 Å². The topological polar surface area (TPSA) is 62.3 Å². The number of carbonyl (C=O) groups is 2. The summed E-state index contributed by atoms with van der Waals surface area (Å²) in [6, 6.07) is 13.7. The zero-order valence-corrected chi connectivity index (χ0v) is 16.0. The molecule has 27 heavy (non-hydrogen) atoms. The van der Waals surface area contributed by atoms with Gasteiger partial charge in [0, 0.05) is 29.4 Å². The average molecular weight is 377 g/mol. The molecule has 0 atom stereocenters. The summed E-state index contributed by atoms with van der Waals surface area (Å²) in [5.74, 6) is 0.0246. The summed E-state index contributed by atoms with van der Waals surface area (Å²) in [5.41, 5.74) is 5.68. The number of carbonyl (C=O) groups excluding carboxylic acids is 2. The van der Waals surface area contributed by atoms with Crippen LogP contribution in [0.25, 0.3) is 11.3 Å². The molecule has 0 saturated carbocycles. The van der Waals surface area contributed by atoms with Crippen molar-refractivity contribution in [1.82, 2.24) is 4.98 Å². The van der Waals surface area contributed by atoms with Gasteiger partial charge in [-0.3, -0.25) is 9.59 Å². The predicted octanol–water partition coefficient (Wildman–Crippen LogP) is 3.82. The maximum absolute atomic E-state index is 12.3. The van der Waals surface area contributed by atoms with Gasteiger partial charge in [0.15, 0.2) is 0 Å². The minimum Gasteiger partial charge on any atom is -0.326 e. The van der Waals surface area contributed by atoms with Crippen molar-refractivity contribution in [2.45, 2.75) is 19.8 Å². The summed E-state index contributed by atoms with van der Waals surface area (Å²) < 4.78 is 0. The lowest BCUT2D eigenvalue weighted by Crippen LogP contribution is -2.20. The lowest BCUT2D eigenvalue weighted by atomic mass is 10.1. The van der Waals surface area contributed by atoms with Crippen molar-refractivity contribution in [3.8, 4) is 11.3 Å². The molecule has 1 aliphatic rings. The fourth-order valence-electron chi connectivity index (χ4n) is 3.22. The summed E-state index contributed by atoms with van der Waals surface area (Å²) in [6.07, 6.45) is 0.667.